The largest absolute Gasteiger partial charge is 0.494 e. The molecule has 2 aromatic heterocycles. The molecule has 0 aliphatic carbocycles. The summed E-state index contributed by atoms with van der Waals surface area (Å²) in [5.41, 5.74) is 3.90. The molecule has 12 heteroatoms. The van der Waals surface area contributed by atoms with E-state index in [-0.39, 0.29) is 22.6 Å². The van der Waals surface area contributed by atoms with Crippen molar-refractivity contribution in [3.8, 4) is 34.2 Å². The molecular formula is C38H36N4O7S. The highest BCUT2D eigenvalue weighted by Crippen LogP contribution is 2.36. The average molecular weight is 693 g/mol. The molecule has 50 heavy (non-hydrogen) atoms. The third kappa shape index (κ3) is 6.88. The minimum atomic E-state index is -0.895. The Bertz CT molecular complexity index is 2270. The lowest BCUT2D eigenvalue weighted by Gasteiger charge is -2.25. The SMILES string of the molecule is CCCCOc1ccc(-c2nn(-c3ccccc3)cc2/C=c2\sc3n(c2=O)[C@@H](c2ccc(OC(C)=O)c(OC)c2)C(C(=O)OC)=C(C)N=3)cc1. The van der Waals surface area contributed by atoms with Crippen molar-refractivity contribution in [3.63, 3.8) is 0 Å². The van der Waals surface area contributed by atoms with Gasteiger partial charge in [-0.3, -0.25) is 14.2 Å². The monoisotopic (exact) mass is 692 g/mol. The highest BCUT2D eigenvalue weighted by atomic mass is 32.1. The topological polar surface area (TPSA) is 123 Å². The second-order valence-electron chi connectivity index (χ2n) is 11.5. The summed E-state index contributed by atoms with van der Waals surface area (Å²) in [7, 11) is 2.73. The van der Waals surface area contributed by atoms with Gasteiger partial charge in [0.15, 0.2) is 16.3 Å². The number of carbonyl (C=O) groups excluding carboxylic acids is 2. The van der Waals surface area contributed by atoms with Crippen LogP contribution in [-0.2, 0) is 14.3 Å². The fourth-order valence-corrected chi connectivity index (χ4v) is 6.75. The smallest absolute Gasteiger partial charge is 0.338 e. The number of benzene rings is 3. The second-order valence-corrected chi connectivity index (χ2v) is 12.5. The molecule has 0 N–H and O–H groups in total. The Hall–Kier alpha value is -5.75. The Morgan fingerprint density at radius 3 is 2.44 bits per heavy atom. The van der Waals surface area contributed by atoms with Crippen molar-refractivity contribution in [2.45, 2.75) is 39.7 Å². The van der Waals surface area contributed by atoms with Crippen molar-refractivity contribution < 1.29 is 28.5 Å². The lowest BCUT2D eigenvalue weighted by molar-refractivity contribution is -0.136. The van der Waals surface area contributed by atoms with Crippen LogP contribution in [0.4, 0.5) is 0 Å². The third-order valence-corrected chi connectivity index (χ3v) is 9.11. The molecule has 0 spiro atoms. The normalized spacial score (nSPS) is 14.2. The van der Waals surface area contributed by atoms with E-state index < -0.39 is 18.0 Å². The molecule has 0 saturated carbocycles. The Morgan fingerprint density at radius 1 is 1.00 bits per heavy atom. The molecule has 5 aromatic rings. The lowest BCUT2D eigenvalue weighted by atomic mass is 9.95. The molecule has 0 unspecified atom stereocenters. The van der Waals surface area contributed by atoms with Crippen molar-refractivity contribution in [2.24, 2.45) is 4.99 Å². The van der Waals surface area contributed by atoms with Crippen molar-refractivity contribution in [1.29, 1.82) is 0 Å². The van der Waals surface area contributed by atoms with Crippen LogP contribution >= 0.6 is 11.3 Å². The van der Waals surface area contributed by atoms with Crippen molar-refractivity contribution >= 4 is 29.4 Å². The molecule has 0 fully saturated rings. The molecule has 1 aliphatic rings. The number of ether oxygens (including phenoxy) is 4. The van der Waals surface area contributed by atoms with Gasteiger partial charge < -0.3 is 18.9 Å². The minimum absolute atomic E-state index is 0.201. The highest BCUT2D eigenvalue weighted by molar-refractivity contribution is 7.07. The van der Waals surface area contributed by atoms with Gasteiger partial charge in [0.05, 0.1) is 48.4 Å². The number of unbranched alkanes of at least 4 members (excludes halogenated alkanes) is 1. The van der Waals surface area contributed by atoms with Crippen molar-refractivity contribution in [2.75, 3.05) is 20.8 Å². The fourth-order valence-electron chi connectivity index (χ4n) is 5.72. The van der Waals surface area contributed by atoms with Gasteiger partial charge in [-0.15, -0.1) is 0 Å². The Kier molecular flexibility index (Phi) is 10.1. The molecule has 3 heterocycles. The number of allylic oxidation sites excluding steroid dienone is 1. The third-order valence-electron chi connectivity index (χ3n) is 8.13. The number of thiazole rings is 1. The van der Waals surface area contributed by atoms with E-state index in [1.165, 1.54) is 37.0 Å². The van der Waals surface area contributed by atoms with Crippen LogP contribution < -0.4 is 29.1 Å². The van der Waals surface area contributed by atoms with Gasteiger partial charge in [0.1, 0.15) is 11.4 Å². The summed E-state index contributed by atoms with van der Waals surface area (Å²) in [6, 6.07) is 21.5. The standard InChI is InChI=1S/C38H36N4O7S/c1-6-7-19-48-29-16-13-25(14-17-29)34-27(22-41(40-34)28-11-9-8-10-12-28)21-32-36(44)42-35(33(37(45)47-5)23(2)39-38(42)50-32)26-15-18-30(49-24(3)43)31(20-26)46-4/h8-18,20-22,35H,6-7,19H2,1-5H3/b32-21-/t35-/m0/s1. The fraction of sp³-hybridized carbons (Fsp3) is 0.237. The van der Waals surface area contributed by atoms with Gasteiger partial charge in [0.2, 0.25) is 0 Å². The molecule has 3 aromatic carbocycles. The molecule has 0 saturated heterocycles. The van der Waals surface area contributed by atoms with E-state index in [9.17, 15) is 14.4 Å². The number of carbonyl (C=O) groups is 2. The first-order valence-corrected chi connectivity index (χ1v) is 16.9. The van der Waals surface area contributed by atoms with Gasteiger partial charge in [0, 0.05) is 24.2 Å². The molecule has 11 nitrogen and oxygen atoms in total. The number of aromatic nitrogens is 3. The van der Waals surface area contributed by atoms with Gasteiger partial charge in [-0.1, -0.05) is 48.9 Å². The Morgan fingerprint density at radius 2 is 1.76 bits per heavy atom. The Labute approximate surface area is 292 Å². The predicted octanol–water partition coefficient (Wildman–Crippen LogP) is 5.37. The maximum atomic E-state index is 14.4. The molecule has 0 amide bonds. The summed E-state index contributed by atoms with van der Waals surface area (Å²) < 4.78 is 25.5. The van der Waals surface area contributed by atoms with E-state index >= 15 is 0 Å². The molecule has 6 rings (SSSR count). The highest BCUT2D eigenvalue weighted by Gasteiger charge is 2.34. The molecule has 1 atom stereocenters. The number of methoxy groups -OCH3 is 2. The van der Waals surface area contributed by atoms with E-state index in [2.05, 4.69) is 11.9 Å². The van der Waals surface area contributed by atoms with Crippen LogP contribution in [0.2, 0.25) is 0 Å². The number of rotatable bonds is 11. The van der Waals surface area contributed by atoms with Crippen LogP contribution in [0.5, 0.6) is 17.2 Å². The van der Waals surface area contributed by atoms with Crippen LogP contribution in [0, 0.1) is 0 Å². The van der Waals surface area contributed by atoms with Gasteiger partial charge in [-0.25, -0.2) is 14.5 Å². The summed E-state index contributed by atoms with van der Waals surface area (Å²) in [4.78, 5) is 44.4. The number of nitrogens with zero attached hydrogens (tertiary/aromatic N) is 4. The summed E-state index contributed by atoms with van der Waals surface area (Å²) in [6.45, 7) is 5.76. The zero-order valence-corrected chi connectivity index (χ0v) is 29.2. The number of para-hydroxylation sites is 1. The maximum Gasteiger partial charge on any atom is 0.338 e. The quantitative estimate of drug-likeness (QED) is 0.103. The minimum Gasteiger partial charge on any atom is -0.494 e. The van der Waals surface area contributed by atoms with Crippen LogP contribution in [0.25, 0.3) is 23.0 Å². The van der Waals surface area contributed by atoms with Gasteiger partial charge >= 0.3 is 11.9 Å². The van der Waals surface area contributed by atoms with Crippen molar-refractivity contribution in [1.82, 2.24) is 14.3 Å². The zero-order valence-electron chi connectivity index (χ0n) is 28.3. The number of hydrogen-bond acceptors (Lipinski definition) is 10. The van der Waals surface area contributed by atoms with E-state index in [1.54, 1.807) is 35.9 Å². The van der Waals surface area contributed by atoms with Gasteiger partial charge in [-0.2, -0.15) is 5.10 Å². The summed E-state index contributed by atoms with van der Waals surface area (Å²) in [6.07, 6.45) is 5.70. The van der Waals surface area contributed by atoms with Gasteiger partial charge in [0.25, 0.3) is 5.56 Å². The summed E-state index contributed by atoms with van der Waals surface area (Å²) in [5, 5.41) is 4.93. The van der Waals surface area contributed by atoms with Crippen LogP contribution in [-0.4, -0.2) is 47.1 Å². The molecule has 0 bridgehead atoms. The van der Waals surface area contributed by atoms with Crippen LogP contribution in [0.3, 0.4) is 0 Å². The number of fused-ring (bicyclic) bond motifs is 1. The van der Waals surface area contributed by atoms with E-state index in [0.717, 1.165) is 29.8 Å². The van der Waals surface area contributed by atoms with Crippen LogP contribution in [0.15, 0.2) is 100 Å². The number of hydrogen-bond donors (Lipinski definition) is 0. The molecule has 0 radical (unpaired) electrons. The summed E-state index contributed by atoms with van der Waals surface area (Å²) in [5.74, 6) is 0.107. The first kappa shape index (κ1) is 34.1. The molecule has 256 valence electrons. The first-order chi connectivity index (χ1) is 24.2. The molecular weight excluding hydrogens is 657 g/mol. The second kappa shape index (κ2) is 14.8. The maximum absolute atomic E-state index is 14.4. The summed E-state index contributed by atoms with van der Waals surface area (Å²) >= 11 is 1.21. The van der Waals surface area contributed by atoms with Crippen molar-refractivity contribution in [3.05, 3.63) is 121 Å². The zero-order chi connectivity index (χ0) is 35.4. The van der Waals surface area contributed by atoms with E-state index in [4.69, 9.17) is 24.0 Å². The van der Waals surface area contributed by atoms with E-state index in [0.29, 0.717) is 38.5 Å². The van der Waals surface area contributed by atoms with Crippen LogP contribution in [0.1, 0.15) is 50.8 Å². The lowest BCUT2D eigenvalue weighted by Crippen LogP contribution is -2.39. The number of esters is 2. The Balaban J connectivity index is 1.50. The molecule has 1 aliphatic heterocycles. The first-order valence-electron chi connectivity index (χ1n) is 16.1. The predicted molar refractivity (Wildman–Crippen MR) is 189 cm³/mol. The van der Waals surface area contributed by atoms with E-state index in [1.807, 2.05) is 60.8 Å². The van der Waals surface area contributed by atoms with Gasteiger partial charge in [-0.05, 0) is 73.5 Å². The average Bonchev–Trinajstić information content (AvgIpc) is 3.68.